The van der Waals surface area contributed by atoms with Gasteiger partial charge in [0.1, 0.15) is 0 Å². The molecule has 1 rings (SSSR count). The fourth-order valence-corrected chi connectivity index (χ4v) is 1.96. The Morgan fingerprint density at radius 1 is 1.15 bits per heavy atom. The van der Waals surface area contributed by atoms with E-state index in [0.717, 1.165) is 0 Å². The van der Waals surface area contributed by atoms with Crippen LogP contribution >= 0.6 is 11.6 Å². The van der Waals surface area contributed by atoms with Crippen molar-refractivity contribution in [1.29, 1.82) is 0 Å². The van der Waals surface area contributed by atoms with Gasteiger partial charge in [0.2, 0.25) is 0 Å². The molecule has 0 aromatic heterocycles. The van der Waals surface area contributed by atoms with Crippen LogP contribution in [0.25, 0.3) is 0 Å². The molecule has 1 aromatic carbocycles. The number of carbonyl (C=O) groups is 2. The van der Waals surface area contributed by atoms with Crippen molar-refractivity contribution < 1.29 is 23.8 Å². The van der Waals surface area contributed by atoms with Gasteiger partial charge in [-0.3, -0.25) is 9.59 Å². The minimum absolute atomic E-state index is 0.0403. The number of rotatable bonds is 7. The van der Waals surface area contributed by atoms with Crippen LogP contribution in [0.1, 0.15) is 30.1 Å². The van der Waals surface area contributed by atoms with E-state index in [9.17, 15) is 9.59 Å². The number of ketones is 1. The first-order chi connectivity index (χ1) is 9.53. The van der Waals surface area contributed by atoms with E-state index >= 15 is 0 Å². The normalized spacial score (nSPS) is 10.0. The molecule has 5 nitrogen and oxygen atoms in total. The summed E-state index contributed by atoms with van der Waals surface area (Å²) >= 11 is 6.02. The number of Topliss-reactive ketones (excluding diaryl/α,β-unsaturated/α-hetero) is 1. The maximum absolute atomic E-state index is 12.0. The Morgan fingerprint density at radius 2 is 1.85 bits per heavy atom. The first-order valence-electron chi connectivity index (χ1n) is 6.13. The Hall–Kier alpha value is -1.75. The van der Waals surface area contributed by atoms with Gasteiger partial charge in [-0.25, -0.2) is 0 Å². The smallest absolute Gasteiger partial charge is 0.306 e. The van der Waals surface area contributed by atoms with Crippen molar-refractivity contribution in [2.75, 3.05) is 20.8 Å². The Labute approximate surface area is 122 Å². The van der Waals surface area contributed by atoms with Gasteiger partial charge in [-0.1, -0.05) is 11.6 Å². The molecule has 0 atom stereocenters. The van der Waals surface area contributed by atoms with Crippen LogP contribution in [-0.4, -0.2) is 32.6 Å². The number of carbonyl (C=O) groups excluding carboxylic acids is 2. The molecule has 110 valence electrons. The summed E-state index contributed by atoms with van der Waals surface area (Å²) in [4.78, 5) is 23.2. The number of esters is 1. The zero-order chi connectivity index (χ0) is 15.1. The van der Waals surface area contributed by atoms with Gasteiger partial charge in [0.25, 0.3) is 0 Å². The predicted molar refractivity (Wildman–Crippen MR) is 74.8 cm³/mol. The Bertz CT molecular complexity index is 499. The largest absolute Gasteiger partial charge is 0.493 e. The van der Waals surface area contributed by atoms with Crippen molar-refractivity contribution in [3.05, 3.63) is 22.7 Å². The molecule has 0 radical (unpaired) electrons. The topological polar surface area (TPSA) is 61.8 Å². The minimum Gasteiger partial charge on any atom is -0.493 e. The molecule has 1 aromatic rings. The van der Waals surface area contributed by atoms with Gasteiger partial charge < -0.3 is 14.2 Å². The van der Waals surface area contributed by atoms with E-state index in [1.54, 1.807) is 6.92 Å². The summed E-state index contributed by atoms with van der Waals surface area (Å²) in [5.41, 5.74) is 0.372. The number of halogens is 1. The standard InChI is InChI=1S/C14H17ClO5/c1-4-20-13(17)6-5-11(16)9-7-10(15)14(19-3)12(8-9)18-2/h7-8H,4-6H2,1-3H3. The molecule has 0 saturated heterocycles. The summed E-state index contributed by atoms with van der Waals surface area (Å²) in [5, 5.41) is 0.284. The lowest BCUT2D eigenvalue weighted by Gasteiger charge is -2.11. The predicted octanol–water partition coefficient (Wildman–Crippen LogP) is 2.88. The van der Waals surface area contributed by atoms with E-state index in [4.69, 9.17) is 25.8 Å². The number of methoxy groups -OCH3 is 2. The Kier molecular flexibility index (Phi) is 6.31. The summed E-state index contributed by atoms with van der Waals surface area (Å²) in [7, 11) is 2.92. The average Bonchev–Trinajstić information content (AvgIpc) is 2.44. The summed E-state index contributed by atoms with van der Waals surface area (Å²) < 4.78 is 15.0. The van der Waals surface area contributed by atoms with Gasteiger partial charge in [-0.15, -0.1) is 0 Å². The minimum atomic E-state index is -0.396. The van der Waals surface area contributed by atoms with Gasteiger partial charge in [-0.05, 0) is 19.1 Å². The third kappa shape index (κ3) is 4.13. The molecule has 0 aliphatic heterocycles. The van der Waals surface area contributed by atoms with E-state index in [1.807, 2.05) is 0 Å². The SMILES string of the molecule is CCOC(=O)CCC(=O)c1cc(Cl)c(OC)c(OC)c1. The van der Waals surface area contributed by atoms with Crippen LogP contribution in [0.5, 0.6) is 11.5 Å². The van der Waals surface area contributed by atoms with E-state index in [-0.39, 0.29) is 23.6 Å². The summed E-state index contributed by atoms with van der Waals surface area (Å²) in [6, 6.07) is 3.04. The lowest BCUT2D eigenvalue weighted by Crippen LogP contribution is -2.08. The molecule has 0 aliphatic carbocycles. The number of ether oxygens (including phenoxy) is 3. The molecule has 0 spiro atoms. The first-order valence-corrected chi connectivity index (χ1v) is 6.51. The molecule has 0 saturated carbocycles. The lowest BCUT2D eigenvalue weighted by atomic mass is 10.1. The molecule has 0 amide bonds. The highest BCUT2D eigenvalue weighted by Crippen LogP contribution is 2.36. The summed E-state index contributed by atoms with van der Waals surface area (Å²) in [5.74, 6) is 0.143. The van der Waals surface area contributed by atoms with Crippen molar-refractivity contribution in [3.63, 3.8) is 0 Å². The molecule has 0 aliphatic rings. The molecular formula is C14H17ClO5. The van der Waals surface area contributed by atoms with Crippen molar-refractivity contribution in [1.82, 2.24) is 0 Å². The van der Waals surface area contributed by atoms with Gasteiger partial charge in [0.05, 0.1) is 32.3 Å². The van der Waals surface area contributed by atoms with Crippen molar-refractivity contribution in [2.24, 2.45) is 0 Å². The highest BCUT2D eigenvalue weighted by Gasteiger charge is 2.16. The third-order valence-corrected chi connectivity index (χ3v) is 2.90. The first kappa shape index (κ1) is 16.3. The number of hydrogen-bond acceptors (Lipinski definition) is 5. The summed E-state index contributed by atoms with van der Waals surface area (Å²) in [6.07, 6.45) is 0.100. The lowest BCUT2D eigenvalue weighted by molar-refractivity contribution is -0.143. The highest BCUT2D eigenvalue weighted by atomic mass is 35.5. The van der Waals surface area contributed by atoms with Crippen LogP contribution in [0.3, 0.4) is 0 Å². The number of benzene rings is 1. The molecule has 0 fully saturated rings. The Balaban J connectivity index is 2.83. The zero-order valence-electron chi connectivity index (χ0n) is 11.7. The van der Waals surface area contributed by atoms with Gasteiger partial charge in [0, 0.05) is 12.0 Å². The van der Waals surface area contributed by atoms with Gasteiger partial charge in [0.15, 0.2) is 17.3 Å². The molecule has 6 heteroatoms. The maximum atomic E-state index is 12.0. The van der Waals surface area contributed by atoms with Crippen LogP contribution in [0.15, 0.2) is 12.1 Å². The molecule has 0 N–H and O–H groups in total. The second kappa shape index (κ2) is 7.75. The van der Waals surface area contributed by atoms with E-state index in [0.29, 0.717) is 23.7 Å². The second-order valence-electron chi connectivity index (χ2n) is 3.92. The van der Waals surface area contributed by atoms with E-state index < -0.39 is 5.97 Å². The zero-order valence-corrected chi connectivity index (χ0v) is 12.5. The fourth-order valence-electron chi connectivity index (χ4n) is 1.67. The number of hydrogen-bond donors (Lipinski definition) is 0. The monoisotopic (exact) mass is 300 g/mol. The summed E-state index contributed by atoms with van der Waals surface area (Å²) in [6.45, 7) is 2.02. The van der Waals surface area contributed by atoms with Crippen LogP contribution in [0, 0.1) is 0 Å². The van der Waals surface area contributed by atoms with Crippen molar-refractivity contribution >= 4 is 23.4 Å². The quantitative estimate of drug-likeness (QED) is 0.572. The van der Waals surface area contributed by atoms with Crippen LogP contribution in [-0.2, 0) is 9.53 Å². The van der Waals surface area contributed by atoms with Gasteiger partial charge in [-0.2, -0.15) is 0 Å². The average molecular weight is 301 g/mol. The van der Waals surface area contributed by atoms with Gasteiger partial charge >= 0.3 is 5.97 Å². The maximum Gasteiger partial charge on any atom is 0.306 e. The fraction of sp³-hybridized carbons (Fsp3) is 0.429. The van der Waals surface area contributed by atoms with E-state index in [1.165, 1.54) is 26.4 Å². The van der Waals surface area contributed by atoms with Crippen LogP contribution < -0.4 is 9.47 Å². The second-order valence-corrected chi connectivity index (χ2v) is 4.33. The molecule has 0 heterocycles. The molecular weight excluding hydrogens is 284 g/mol. The van der Waals surface area contributed by atoms with Crippen molar-refractivity contribution in [3.8, 4) is 11.5 Å². The van der Waals surface area contributed by atoms with E-state index in [2.05, 4.69) is 0 Å². The Morgan fingerprint density at radius 3 is 2.40 bits per heavy atom. The molecule has 0 unspecified atom stereocenters. The van der Waals surface area contributed by atoms with Crippen molar-refractivity contribution in [2.45, 2.75) is 19.8 Å². The van der Waals surface area contributed by atoms with Crippen LogP contribution in [0.2, 0.25) is 5.02 Å². The molecule has 20 heavy (non-hydrogen) atoms. The highest BCUT2D eigenvalue weighted by molar-refractivity contribution is 6.32. The molecule has 0 bridgehead atoms. The van der Waals surface area contributed by atoms with Crippen LogP contribution in [0.4, 0.5) is 0 Å². The third-order valence-electron chi connectivity index (χ3n) is 2.62.